The predicted octanol–water partition coefficient (Wildman–Crippen LogP) is 6.72. The molecule has 0 radical (unpaired) electrons. The molecule has 7 nitrogen and oxygen atoms in total. The highest BCUT2D eigenvalue weighted by Gasteiger charge is 2.23. The van der Waals surface area contributed by atoms with Gasteiger partial charge in [-0.1, -0.05) is 29.7 Å². The summed E-state index contributed by atoms with van der Waals surface area (Å²) in [6.07, 6.45) is 6.36. The van der Waals surface area contributed by atoms with E-state index in [1.807, 2.05) is 38.2 Å². The number of carboxylic acid groups (broad SMARTS) is 1. The third-order valence-corrected chi connectivity index (χ3v) is 6.58. The van der Waals surface area contributed by atoms with E-state index in [9.17, 15) is 9.90 Å². The molecule has 4 heterocycles. The first-order chi connectivity index (χ1) is 16.9. The van der Waals surface area contributed by atoms with Gasteiger partial charge in [-0.05, 0) is 56.7 Å². The Labute approximate surface area is 207 Å². The summed E-state index contributed by atoms with van der Waals surface area (Å²) < 4.78 is 7.53. The van der Waals surface area contributed by atoms with Gasteiger partial charge in [-0.2, -0.15) is 0 Å². The van der Waals surface area contributed by atoms with Crippen molar-refractivity contribution in [2.45, 2.75) is 33.2 Å². The van der Waals surface area contributed by atoms with Gasteiger partial charge in [0.2, 0.25) is 0 Å². The van der Waals surface area contributed by atoms with Crippen LogP contribution in [0.3, 0.4) is 0 Å². The number of carboxylic acids is 1. The Bertz CT molecular complexity index is 1540. The number of rotatable bonds is 6. The minimum Gasteiger partial charge on any atom is -0.478 e. The quantitative estimate of drug-likeness (QED) is 0.286. The van der Waals surface area contributed by atoms with Crippen molar-refractivity contribution in [2.24, 2.45) is 0 Å². The molecule has 0 spiro atoms. The number of aryl methyl sites for hydroxylation is 2. The number of hydrogen-bond acceptors (Lipinski definition) is 5. The van der Waals surface area contributed by atoms with E-state index in [1.54, 1.807) is 24.5 Å². The second-order valence-electron chi connectivity index (χ2n) is 8.42. The van der Waals surface area contributed by atoms with Crippen molar-refractivity contribution in [2.75, 3.05) is 0 Å². The van der Waals surface area contributed by atoms with E-state index in [0.717, 1.165) is 51.3 Å². The molecule has 0 aliphatic heterocycles. The molecule has 1 aromatic carbocycles. The van der Waals surface area contributed by atoms with E-state index in [-0.39, 0.29) is 11.6 Å². The first kappa shape index (κ1) is 22.8. The van der Waals surface area contributed by atoms with Crippen LogP contribution in [0.5, 0.6) is 0 Å². The van der Waals surface area contributed by atoms with E-state index in [2.05, 4.69) is 27.7 Å². The van der Waals surface area contributed by atoms with Crippen LogP contribution >= 0.6 is 11.6 Å². The highest BCUT2D eigenvalue weighted by molar-refractivity contribution is 6.34. The molecule has 35 heavy (non-hydrogen) atoms. The van der Waals surface area contributed by atoms with Crippen molar-refractivity contribution < 1.29 is 14.4 Å². The fraction of sp³-hybridized carbons (Fsp3) is 0.185. The summed E-state index contributed by atoms with van der Waals surface area (Å²) in [6, 6.07) is 12.6. The van der Waals surface area contributed by atoms with E-state index in [4.69, 9.17) is 21.1 Å². The minimum atomic E-state index is -1.01. The molecule has 1 atom stereocenters. The van der Waals surface area contributed by atoms with Crippen molar-refractivity contribution in [3.63, 3.8) is 0 Å². The highest BCUT2D eigenvalue weighted by atomic mass is 35.5. The second kappa shape index (κ2) is 9.00. The van der Waals surface area contributed by atoms with E-state index < -0.39 is 5.97 Å². The number of nitrogens with zero attached hydrogens (tertiary/aromatic N) is 4. The molecule has 4 aromatic heterocycles. The van der Waals surface area contributed by atoms with Gasteiger partial charge in [-0.15, -0.1) is 0 Å². The zero-order valence-electron chi connectivity index (χ0n) is 19.5. The van der Waals surface area contributed by atoms with Gasteiger partial charge >= 0.3 is 5.97 Å². The first-order valence-corrected chi connectivity index (χ1v) is 11.6. The third kappa shape index (κ3) is 3.98. The Morgan fingerprint density at radius 1 is 1.14 bits per heavy atom. The molecule has 5 aromatic rings. The standard InChI is InChI=1S/C27H23ClN4O3/c1-4-23(22-7-5-6-10-29-22)32-14-20(19-11-17(27(33)34)8-9-21(19)28)26-24(32)12-18(13-30-26)25-15(2)31-35-16(25)3/h5-14,23H,4H2,1-3H3,(H,33,34)/t23-/m0/s1. The van der Waals surface area contributed by atoms with Gasteiger partial charge in [0.15, 0.2) is 0 Å². The van der Waals surface area contributed by atoms with Crippen LogP contribution in [-0.4, -0.2) is 30.8 Å². The molecule has 0 fully saturated rings. The summed E-state index contributed by atoms with van der Waals surface area (Å²) in [4.78, 5) is 21.1. The lowest BCUT2D eigenvalue weighted by molar-refractivity contribution is 0.0697. The number of aromatic carboxylic acids is 1. The molecule has 8 heteroatoms. The monoisotopic (exact) mass is 486 g/mol. The van der Waals surface area contributed by atoms with Crippen LogP contribution in [0.1, 0.15) is 46.9 Å². The van der Waals surface area contributed by atoms with E-state index in [1.165, 1.54) is 6.07 Å². The minimum absolute atomic E-state index is 0.0596. The summed E-state index contributed by atoms with van der Waals surface area (Å²) >= 11 is 6.57. The first-order valence-electron chi connectivity index (χ1n) is 11.3. The van der Waals surface area contributed by atoms with Crippen LogP contribution in [0.15, 0.2) is 65.6 Å². The lowest BCUT2D eigenvalue weighted by atomic mass is 10.0. The van der Waals surface area contributed by atoms with Crippen molar-refractivity contribution in [3.8, 4) is 22.3 Å². The number of benzene rings is 1. The summed E-state index contributed by atoms with van der Waals surface area (Å²) in [5, 5.41) is 14.1. The topological polar surface area (TPSA) is 94.0 Å². The molecule has 0 amide bonds. The van der Waals surface area contributed by atoms with Gasteiger partial charge in [0.05, 0.1) is 34.0 Å². The molecule has 0 saturated carbocycles. The Hall–Kier alpha value is -3.97. The van der Waals surface area contributed by atoms with Crippen LogP contribution in [0.4, 0.5) is 0 Å². The number of aromatic nitrogens is 4. The number of carbonyl (C=O) groups is 1. The average molecular weight is 487 g/mol. The second-order valence-corrected chi connectivity index (χ2v) is 8.83. The zero-order valence-corrected chi connectivity index (χ0v) is 20.2. The highest BCUT2D eigenvalue weighted by Crippen LogP contribution is 2.39. The molecular formula is C27H23ClN4O3. The van der Waals surface area contributed by atoms with Crippen LogP contribution in [0, 0.1) is 13.8 Å². The molecule has 0 aliphatic rings. The summed E-state index contributed by atoms with van der Waals surface area (Å²) in [5.74, 6) is -0.295. The molecule has 0 aliphatic carbocycles. The molecule has 0 unspecified atom stereocenters. The Morgan fingerprint density at radius 2 is 1.97 bits per heavy atom. The molecule has 5 rings (SSSR count). The predicted molar refractivity (Wildman–Crippen MR) is 135 cm³/mol. The number of fused-ring (bicyclic) bond motifs is 1. The fourth-order valence-corrected chi connectivity index (χ4v) is 4.82. The fourth-order valence-electron chi connectivity index (χ4n) is 4.60. The van der Waals surface area contributed by atoms with Gasteiger partial charge in [-0.25, -0.2) is 4.79 Å². The Balaban J connectivity index is 1.80. The lowest BCUT2D eigenvalue weighted by Gasteiger charge is -2.18. The lowest BCUT2D eigenvalue weighted by Crippen LogP contribution is -2.10. The van der Waals surface area contributed by atoms with E-state index in [0.29, 0.717) is 10.6 Å². The molecule has 0 bridgehead atoms. The molecule has 0 saturated heterocycles. The largest absolute Gasteiger partial charge is 0.478 e. The third-order valence-electron chi connectivity index (χ3n) is 6.25. The maximum absolute atomic E-state index is 11.7. The number of halogens is 1. The Kier molecular flexibility index (Phi) is 5.86. The normalized spacial score (nSPS) is 12.2. The van der Waals surface area contributed by atoms with Gasteiger partial charge in [0.1, 0.15) is 5.76 Å². The zero-order chi connectivity index (χ0) is 24.7. The summed E-state index contributed by atoms with van der Waals surface area (Å²) in [6.45, 7) is 5.89. The van der Waals surface area contributed by atoms with Gasteiger partial charge in [-0.3, -0.25) is 9.97 Å². The smallest absolute Gasteiger partial charge is 0.335 e. The van der Waals surface area contributed by atoms with Crippen LogP contribution in [0.2, 0.25) is 5.02 Å². The molecule has 176 valence electrons. The van der Waals surface area contributed by atoms with E-state index >= 15 is 0 Å². The van der Waals surface area contributed by atoms with Crippen molar-refractivity contribution in [1.82, 2.24) is 19.7 Å². The van der Waals surface area contributed by atoms with Crippen LogP contribution in [0.25, 0.3) is 33.3 Å². The maximum Gasteiger partial charge on any atom is 0.335 e. The SMILES string of the molecule is CC[C@@H](c1ccccn1)n1cc(-c2cc(C(=O)O)ccc2Cl)c2ncc(-c3c(C)noc3C)cc21. The van der Waals surface area contributed by atoms with Gasteiger partial charge in [0, 0.05) is 45.9 Å². The van der Waals surface area contributed by atoms with Gasteiger partial charge in [0.25, 0.3) is 0 Å². The van der Waals surface area contributed by atoms with Crippen molar-refractivity contribution in [1.29, 1.82) is 0 Å². The number of hydrogen-bond donors (Lipinski definition) is 1. The number of pyridine rings is 2. The van der Waals surface area contributed by atoms with Gasteiger partial charge < -0.3 is 14.2 Å². The maximum atomic E-state index is 11.7. The molecular weight excluding hydrogens is 464 g/mol. The average Bonchev–Trinajstić information content (AvgIpc) is 3.39. The summed E-state index contributed by atoms with van der Waals surface area (Å²) in [7, 11) is 0. The van der Waals surface area contributed by atoms with Crippen LogP contribution < -0.4 is 0 Å². The van der Waals surface area contributed by atoms with Crippen molar-refractivity contribution in [3.05, 3.63) is 88.8 Å². The van der Waals surface area contributed by atoms with Crippen molar-refractivity contribution >= 4 is 28.6 Å². The molecule has 1 N–H and O–H groups in total. The van der Waals surface area contributed by atoms with Crippen LogP contribution in [-0.2, 0) is 0 Å². The summed E-state index contributed by atoms with van der Waals surface area (Å²) in [5.41, 5.74) is 6.64. The Morgan fingerprint density at radius 3 is 2.63 bits per heavy atom.